The highest BCUT2D eigenvalue weighted by Gasteiger charge is 2.17. The third-order valence-electron chi connectivity index (χ3n) is 3.15. The summed E-state index contributed by atoms with van der Waals surface area (Å²) in [5.74, 6) is -0.545. The summed E-state index contributed by atoms with van der Waals surface area (Å²) in [6.07, 6.45) is 7.04. The van der Waals surface area contributed by atoms with Crippen LogP contribution in [0.2, 0.25) is 0 Å². The van der Waals surface area contributed by atoms with Crippen molar-refractivity contribution >= 4 is 27.4 Å². The minimum absolute atomic E-state index is 0.271. The van der Waals surface area contributed by atoms with Crippen LogP contribution in [0.4, 0.5) is 0 Å². The number of benzene rings is 1. The van der Waals surface area contributed by atoms with Crippen LogP contribution < -0.4 is 0 Å². The molecular weight excluding hydrogens is 344 g/mol. The summed E-state index contributed by atoms with van der Waals surface area (Å²) in [6.45, 7) is 0. The minimum Gasteiger partial charge on any atom is -0.465 e. The van der Waals surface area contributed by atoms with Crippen molar-refractivity contribution in [2.45, 2.75) is 0 Å². The van der Waals surface area contributed by atoms with E-state index >= 15 is 0 Å². The van der Waals surface area contributed by atoms with Crippen LogP contribution >= 0.6 is 0 Å². The Bertz CT molecular complexity index is 945. The lowest BCUT2D eigenvalue weighted by Gasteiger charge is -2.10. The van der Waals surface area contributed by atoms with Gasteiger partial charge in [0.1, 0.15) is 11.8 Å². The van der Waals surface area contributed by atoms with Gasteiger partial charge >= 0.3 is 16.1 Å². The molecule has 25 heavy (non-hydrogen) atoms. The molecule has 0 fully saturated rings. The van der Waals surface area contributed by atoms with Crippen LogP contribution in [0.3, 0.4) is 0 Å². The SMILES string of the molecule is COC(=O)c1ccccc1C(C#N)=C1C=CC(=NOS(C)(=O)=O)C=C1. The van der Waals surface area contributed by atoms with Crippen molar-refractivity contribution in [2.24, 2.45) is 5.16 Å². The molecule has 1 aliphatic rings. The van der Waals surface area contributed by atoms with Gasteiger partial charge in [0.15, 0.2) is 0 Å². The molecule has 0 spiro atoms. The van der Waals surface area contributed by atoms with Crippen molar-refractivity contribution in [1.29, 1.82) is 5.26 Å². The highest BCUT2D eigenvalue weighted by atomic mass is 32.2. The standard InChI is InChI=1S/C17H14N2O5S/c1-23-17(20)15-6-4-3-5-14(15)16(11-18)12-7-9-13(10-8-12)19-24-25(2,21)22/h3-10H,1-2H3. The topological polar surface area (TPSA) is 106 Å². The Balaban J connectivity index is 2.42. The molecule has 0 unspecified atom stereocenters. The highest BCUT2D eigenvalue weighted by molar-refractivity contribution is 7.85. The average molecular weight is 358 g/mol. The van der Waals surface area contributed by atoms with Gasteiger partial charge in [-0.3, -0.25) is 4.28 Å². The molecule has 1 aromatic carbocycles. The Hall–Kier alpha value is -3.18. The van der Waals surface area contributed by atoms with E-state index in [9.17, 15) is 18.5 Å². The summed E-state index contributed by atoms with van der Waals surface area (Å²) in [7, 11) is -2.42. The zero-order valence-corrected chi connectivity index (χ0v) is 14.3. The van der Waals surface area contributed by atoms with Crippen LogP contribution in [0.1, 0.15) is 15.9 Å². The fourth-order valence-corrected chi connectivity index (χ4v) is 2.29. The van der Waals surface area contributed by atoms with Gasteiger partial charge in [0.25, 0.3) is 0 Å². The quantitative estimate of drug-likeness (QED) is 0.464. The van der Waals surface area contributed by atoms with Gasteiger partial charge < -0.3 is 4.74 Å². The lowest BCUT2D eigenvalue weighted by atomic mass is 9.94. The van der Waals surface area contributed by atoms with Crippen LogP contribution in [0.15, 0.2) is 59.3 Å². The van der Waals surface area contributed by atoms with Crippen molar-refractivity contribution in [1.82, 2.24) is 0 Å². The molecule has 0 radical (unpaired) electrons. The molecule has 7 nitrogen and oxygen atoms in total. The van der Waals surface area contributed by atoms with E-state index in [1.807, 2.05) is 0 Å². The molecule has 0 amide bonds. The molecule has 0 aliphatic heterocycles. The van der Waals surface area contributed by atoms with E-state index in [0.29, 0.717) is 11.1 Å². The molecule has 0 bridgehead atoms. The predicted molar refractivity (Wildman–Crippen MR) is 92.0 cm³/mol. The molecule has 2 rings (SSSR count). The van der Waals surface area contributed by atoms with E-state index in [2.05, 4.69) is 15.5 Å². The maximum absolute atomic E-state index is 11.9. The number of carbonyl (C=O) groups is 1. The van der Waals surface area contributed by atoms with Gasteiger partial charge in [0.2, 0.25) is 0 Å². The smallest absolute Gasteiger partial charge is 0.338 e. The van der Waals surface area contributed by atoms with Gasteiger partial charge in [-0.25, -0.2) is 4.79 Å². The van der Waals surface area contributed by atoms with E-state index < -0.39 is 16.1 Å². The molecule has 0 saturated carbocycles. The summed E-state index contributed by atoms with van der Waals surface area (Å²) in [5, 5.41) is 13.0. The minimum atomic E-state index is -3.69. The largest absolute Gasteiger partial charge is 0.465 e. The van der Waals surface area contributed by atoms with Gasteiger partial charge in [-0.05, 0) is 23.8 Å². The van der Waals surface area contributed by atoms with E-state index in [-0.39, 0.29) is 16.8 Å². The van der Waals surface area contributed by atoms with Gasteiger partial charge in [0.05, 0.1) is 24.5 Å². The Kier molecular flexibility index (Phi) is 5.52. The van der Waals surface area contributed by atoms with E-state index in [0.717, 1.165) is 6.26 Å². The number of nitrogens with zero attached hydrogens (tertiary/aromatic N) is 2. The van der Waals surface area contributed by atoms with Crippen molar-refractivity contribution in [3.8, 4) is 6.07 Å². The Morgan fingerprint density at radius 1 is 1.12 bits per heavy atom. The first-order valence-corrected chi connectivity index (χ1v) is 8.82. The van der Waals surface area contributed by atoms with Gasteiger partial charge in [-0.15, -0.1) is 0 Å². The van der Waals surface area contributed by atoms with Crippen LogP contribution in [0, 0.1) is 11.3 Å². The van der Waals surface area contributed by atoms with Crippen LogP contribution in [-0.4, -0.2) is 33.5 Å². The predicted octanol–water partition coefficient (Wildman–Crippen LogP) is 2.21. The molecule has 0 saturated heterocycles. The molecule has 0 aromatic heterocycles. The van der Waals surface area contributed by atoms with Gasteiger partial charge in [-0.1, -0.05) is 35.5 Å². The maximum Gasteiger partial charge on any atom is 0.338 e. The first-order chi connectivity index (χ1) is 11.9. The third-order valence-corrected chi connectivity index (χ3v) is 3.49. The first-order valence-electron chi connectivity index (χ1n) is 7.00. The summed E-state index contributed by atoms with van der Waals surface area (Å²) >= 11 is 0. The number of hydrogen-bond donors (Lipinski definition) is 0. The maximum atomic E-state index is 11.9. The number of allylic oxidation sites excluding steroid dienone is 6. The number of esters is 1. The Morgan fingerprint density at radius 2 is 1.72 bits per heavy atom. The molecule has 0 N–H and O–H groups in total. The second kappa shape index (κ2) is 7.59. The zero-order valence-electron chi connectivity index (χ0n) is 13.5. The zero-order chi connectivity index (χ0) is 18.4. The van der Waals surface area contributed by atoms with Gasteiger partial charge in [0, 0.05) is 5.56 Å². The fourth-order valence-electron chi connectivity index (χ4n) is 2.07. The van der Waals surface area contributed by atoms with Crippen molar-refractivity contribution < 1.29 is 22.2 Å². The highest BCUT2D eigenvalue weighted by Crippen LogP contribution is 2.25. The number of ether oxygens (including phenoxy) is 1. The lowest BCUT2D eigenvalue weighted by Crippen LogP contribution is -2.06. The second-order valence-corrected chi connectivity index (χ2v) is 6.50. The van der Waals surface area contributed by atoms with E-state index in [1.165, 1.54) is 19.3 Å². The van der Waals surface area contributed by atoms with Crippen molar-refractivity contribution in [2.75, 3.05) is 13.4 Å². The lowest BCUT2D eigenvalue weighted by molar-refractivity contribution is 0.0600. The van der Waals surface area contributed by atoms with Crippen LogP contribution in [-0.2, 0) is 19.1 Å². The van der Waals surface area contributed by atoms with Crippen LogP contribution in [0.25, 0.3) is 5.57 Å². The Morgan fingerprint density at radius 3 is 2.24 bits per heavy atom. The molecular formula is C17H14N2O5S. The summed E-state index contributed by atoms with van der Waals surface area (Å²) in [4.78, 5) is 11.9. The summed E-state index contributed by atoms with van der Waals surface area (Å²) < 4.78 is 31.0. The molecule has 8 heteroatoms. The Labute approximate surface area is 145 Å². The molecule has 1 aromatic rings. The average Bonchev–Trinajstić information content (AvgIpc) is 2.61. The normalized spacial score (nSPS) is 13.2. The fraction of sp³-hybridized carbons (Fsp3) is 0.118. The third kappa shape index (κ3) is 4.65. The molecule has 0 atom stereocenters. The molecule has 128 valence electrons. The number of methoxy groups -OCH3 is 1. The number of hydrogen-bond acceptors (Lipinski definition) is 7. The van der Waals surface area contributed by atoms with Crippen molar-refractivity contribution in [3.63, 3.8) is 0 Å². The summed E-state index contributed by atoms with van der Waals surface area (Å²) in [6, 6.07) is 8.69. The van der Waals surface area contributed by atoms with Crippen LogP contribution in [0.5, 0.6) is 0 Å². The number of oxime groups is 1. The summed E-state index contributed by atoms with van der Waals surface area (Å²) in [5.41, 5.74) is 1.80. The first kappa shape index (κ1) is 18.2. The second-order valence-electron chi connectivity index (χ2n) is 4.94. The van der Waals surface area contributed by atoms with E-state index in [1.54, 1.807) is 36.4 Å². The molecule has 0 heterocycles. The number of rotatable bonds is 4. The van der Waals surface area contributed by atoms with E-state index in [4.69, 9.17) is 4.74 Å². The molecule has 1 aliphatic carbocycles. The van der Waals surface area contributed by atoms with Gasteiger partial charge in [-0.2, -0.15) is 13.7 Å². The van der Waals surface area contributed by atoms with Crippen molar-refractivity contribution in [3.05, 3.63) is 65.3 Å². The number of nitriles is 1. The monoisotopic (exact) mass is 358 g/mol. The number of carbonyl (C=O) groups excluding carboxylic acids is 1.